The number of aromatic nitrogens is 3. The van der Waals surface area contributed by atoms with Gasteiger partial charge in [-0.2, -0.15) is 9.97 Å². The fourth-order valence-corrected chi connectivity index (χ4v) is 10.2. The van der Waals surface area contributed by atoms with Gasteiger partial charge in [-0.15, -0.1) is 0 Å². The first-order valence-corrected chi connectivity index (χ1v) is 17.8. The Morgan fingerprint density at radius 2 is 1.81 bits per heavy atom. The average Bonchev–Trinajstić information content (AvgIpc) is 3.71. The Morgan fingerprint density at radius 3 is 2.62 bits per heavy atom. The van der Waals surface area contributed by atoms with Gasteiger partial charge in [0.05, 0.1) is 29.2 Å². The van der Waals surface area contributed by atoms with E-state index in [2.05, 4.69) is 17.1 Å². The third-order valence-corrected chi connectivity index (χ3v) is 12.4. The van der Waals surface area contributed by atoms with Crippen LogP contribution in [0.15, 0.2) is 12.1 Å². The molecule has 6 aliphatic rings. The molecular weight excluding hydrogens is 603 g/mol. The van der Waals surface area contributed by atoms with Crippen LogP contribution < -0.4 is 20.7 Å². The average molecular weight is 648 g/mol. The van der Waals surface area contributed by atoms with Gasteiger partial charge in [-0.25, -0.2) is 23.5 Å². The highest BCUT2D eigenvalue weighted by Gasteiger charge is 2.60. The van der Waals surface area contributed by atoms with Crippen molar-refractivity contribution in [2.24, 2.45) is 0 Å². The van der Waals surface area contributed by atoms with Crippen molar-refractivity contribution >= 4 is 22.4 Å². The zero-order valence-electron chi connectivity index (χ0n) is 27.2. The number of nitrogens with one attached hydrogen (secondary N) is 1. The summed E-state index contributed by atoms with van der Waals surface area (Å²) in [5, 5.41) is 3.11. The Hall–Kier alpha value is -3.18. The van der Waals surface area contributed by atoms with Crippen LogP contribution in [0.2, 0.25) is 0 Å². The molecule has 1 aromatic carbocycles. The van der Waals surface area contributed by atoms with Crippen molar-refractivity contribution in [3.8, 4) is 17.3 Å². The topological polar surface area (TPSA) is 92.4 Å². The molecule has 2 bridgehead atoms. The van der Waals surface area contributed by atoms with Gasteiger partial charge in [0.2, 0.25) is 0 Å². The first-order chi connectivity index (χ1) is 22.7. The van der Waals surface area contributed by atoms with E-state index < -0.39 is 23.4 Å². The molecule has 0 saturated carbocycles. The van der Waals surface area contributed by atoms with Crippen LogP contribution >= 0.6 is 0 Å². The number of nitrogens with zero attached hydrogens (tertiary/aromatic N) is 5. The third kappa shape index (κ3) is 4.58. The first kappa shape index (κ1) is 29.9. The lowest BCUT2D eigenvalue weighted by Crippen LogP contribution is -2.68. The fraction of sp³-hybridized carbons (Fsp3) is 0.639. The minimum absolute atomic E-state index is 0.0506. The molecule has 3 aromatic rings. The van der Waals surface area contributed by atoms with Crippen molar-refractivity contribution < 1.29 is 17.9 Å². The SMILES string of the molecule is CCC1CCCc2cc(N)cc(-c3nc4c5c(nc(OCC67CCCN6CCC7)nc5c3F)N3C[C@@]5(F)CC[C@](F)(N5)[C@H]3CCC4)c21. The maximum Gasteiger partial charge on any atom is 0.319 e. The number of benzene rings is 1. The Kier molecular flexibility index (Phi) is 6.79. The number of pyridine rings is 1. The molecule has 0 amide bonds. The number of alkyl halides is 2. The summed E-state index contributed by atoms with van der Waals surface area (Å²) in [6.45, 7) is 4.57. The first-order valence-electron chi connectivity index (χ1n) is 17.8. The van der Waals surface area contributed by atoms with Gasteiger partial charge >= 0.3 is 6.01 Å². The number of anilines is 2. The maximum absolute atomic E-state index is 17.3. The van der Waals surface area contributed by atoms with E-state index in [0.29, 0.717) is 48.5 Å². The smallest absolute Gasteiger partial charge is 0.319 e. The molecule has 4 atom stereocenters. The van der Waals surface area contributed by atoms with E-state index in [-0.39, 0.29) is 48.1 Å². The number of nitrogens with two attached hydrogens (primary N) is 1. The highest BCUT2D eigenvalue weighted by molar-refractivity contribution is 5.95. The minimum Gasteiger partial charge on any atom is -0.461 e. The van der Waals surface area contributed by atoms with Crippen molar-refractivity contribution in [3.63, 3.8) is 0 Å². The van der Waals surface area contributed by atoms with Crippen molar-refractivity contribution in [3.05, 3.63) is 34.8 Å². The molecule has 250 valence electrons. The molecular formula is C36H44F3N7O. The summed E-state index contributed by atoms with van der Waals surface area (Å²) in [5.74, 6) is -3.77. The number of hydrogen-bond acceptors (Lipinski definition) is 8. The van der Waals surface area contributed by atoms with Crippen molar-refractivity contribution in [1.82, 2.24) is 25.2 Å². The van der Waals surface area contributed by atoms with Crippen molar-refractivity contribution in [2.75, 3.05) is 36.9 Å². The molecule has 9 rings (SSSR count). The van der Waals surface area contributed by atoms with Crippen LogP contribution in [0.5, 0.6) is 6.01 Å². The molecule has 4 fully saturated rings. The number of halogens is 3. The number of piperazine rings is 1. The number of hydrogen-bond donors (Lipinski definition) is 2. The molecule has 4 saturated heterocycles. The molecule has 3 N–H and O–H groups in total. The molecule has 2 aromatic heterocycles. The molecule has 0 spiro atoms. The number of nitrogen functional groups attached to an aromatic ring is 1. The highest BCUT2D eigenvalue weighted by atomic mass is 19.2. The number of aryl methyl sites for hydroxylation is 2. The summed E-state index contributed by atoms with van der Waals surface area (Å²) in [6, 6.07) is 3.28. The zero-order valence-corrected chi connectivity index (χ0v) is 27.2. The van der Waals surface area contributed by atoms with E-state index in [4.69, 9.17) is 25.4 Å². The van der Waals surface area contributed by atoms with Gasteiger partial charge in [0.25, 0.3) is 0 Å². The van der Waals surface area contributed by atoms with Crippen LogP contribution in [0.4, 0.5) is 24.7 Å². The Balaban J connectivity index is 1.25. The van der Waals surface area contributed by atoms with E-state index in [1.54, 1.807) is 4.90 Å². The summed E-state index contributed by atoms with van der Waals surface area (Å²) in [7, 11) is 0. The maximum atomic E-state index is 17.3. The molecule has 7 heterocycles. The fourth-order valence-electron chi connectivity index (χ4n) is 10.2. The Bertz CT molecular complexity index is 1760. The number of fused-ring (bicyclic) bond motifs is 7. The van der Waals surface area contributed by atoms with Gasteiger partial charge < -0.3 is 15.4 Å². The van der Waals surface area contributed by atoms with E-state index >= 15 is 13.2 Å². The molecule has 1 aliphatic carbocycles. The summed E-state index contributed by atoms with van der Waals surface area (Å²) in [4.78, 5) is 18.9. The molecule has 8 nitrogen and oxygen atoms in total. The molecule has 0 radical (unpaired) electrons. The van der Waals surface area contributed by atoms with E-state index in [0.717, 1.165) is 81.1 Å². The summed E-state index contributed by atoms with van der Waals surface area (Å²) in [5.41, 5.74) is 11.0. The normalized spacial score (nSPS) is 30.9. The summed E-state index contributed by atoms with van der Waals surface area (Å²) in [6.07, 6.45) is 10.00. The second-order valence-corrected chi connectivity index (χ2v) is 15.1. The monoisotopic (exact) mass is 647 g/mol. The van der Waals surface area contributed by atoms with Gasteiger partial charge in [0.1, 0.15) is 23.6 Å². The van der Waals surface area contributed by atoms with Crippen LogP contribution in [0.1, 0.15) is 100 Å². The van der Waals surface area contributed by atoms with Crippen LogP contribution in [-0.2, 0) is 12.8 Å². The lowest BCUT2D eigenvalue weighted by atomic mass is 9.78. The lowest BCUT2D eigenvalue weighted by Gasteiger charge is -2.47. The quantitative estimate of drug-likeness (QED) is 0.240. The van der Waals surface area contributed by atoms with Crippen LogP contribution in [0, 0.1) is 5.82 Å². The largest absolute Gasteiger partial charge is 0.461 e. The van der Waals surface area contributed by atoms with Crippen LogP contribution in [-0.4, -0.2) is 69.3 Å². The predicted octanol–water partition coefficient (Wildman–Crippen LogP) is 6.49. The summed E-state index contributed by atoms with van der Waals surface area (Å²) < 4.78 is 56.2. The van der Waals surface area contributed by atoms with Gasteiger partial charge in [0, 0.05) is 24.1 Å². The summed E-state index contributed by atoms with van der Waals surface area (Å²) >= 11 is 0. The van der Waals surface area contributed by atoms with Crippen molar-refractivity contribution in [2.45, 2.75) is 119 Å². The Morgan fingerprint density at radius 1 is 1.00 bits per heavy atom. The highest BCUT2D eigenvalue weighted by Crippen LogP contribution is 2.49. The third-order valence-electron chi connectivity index (χ3n) is 12.4. The molecule has 47 heavy (non-hydrogen) atoms. The standard InChI is InChI=1S/C36H44F3N7O/c1-2-21-7-3-8-22-17-23(40)18-24(27(21)22)30-29(37)31-28-25(41-30)9-4-10-26-36(39)14-13-35(38,44-36)19-46(26)32(28)43-33(42-31)47-20-34-11-5-15-45(34)16-6-12-34/h17-18,21,26,44H,2-16,19-20,40H2,1H3/t21?,26-,35-,36+/m1/s1. The second kappa shape index (κ2) is 10.7. The van der Waals surface area contributed by atoms with E-state index in [1.807, 2.05) is 12.1 Å². The second-order valence-electron chi connectivity index (χ2n) is 15.1. The number of rotatable bonds is 5. The number of ether oxygens (including phenoxy) is 1. The lowest BCUT2D eigenvalue weighted by molar-refractivity contribution is 0.00892. The van der Waals surface area contributed by atoms with Crippen molar-refractivity contribution in [1.29, 1.82) is 0 Å². The van der Waals surface area contributed by atoms with Gasteiger partial charge in [-0.1, -0.05) is 6.92 Å². The Labute approximate surface area is 273 Å². The predicted molar refractivity (Wildman–Crippen MR) is 175 cm³/mol. The van der Waals surface area contributed by atoms with Gasteiger partial charge in [-0.05, 0) is 113 Å². The van der Waals surface area contributed by atoms with E-state index in [9.17, 15) is 0 Å². The molecule has 1 unspecified atom stereocenters. The van der Waals surface area contributed by atoms with Gasteiger partial charge in [0.15, 0.2) is 17.4 Å². The molecule has 11 heteroatoms. The zero-order chi connectivity index (χ0) is 32.1. The van der Waals surface area contributed by atoms with E-state index in [1.165, 1.54) is 0 Å². The molecule has 5 aliphatic heterocycles. The van der Waals surface area contributed by atoms with Gasteiger partial charge in [-0.3, -0.25) is 4.90 Å². The minimum atomic E-state index is -1.91. The van der Waals surface area contributed by atoms with Crippen LogP contribution in [0.25, 0.3) is 22.2 Å². The van der Waals surface area contributed by atoms with Crippen LogP contribution in [0.3, 0.4) is 0 Å².